The molecule has 0 aliphatic rings. The van der Waals surface area contributed by atoms with Crippen molar-refractivity contribution in [2.24, 2.45) is 0 Å². The molecule has 0 saturated carbocycles. The SMILES string of the molecule is CCC(Sc1cccc(NC(=O)/C(=C/c2cccnc2)NC(=O)c2ccccc2)c1)C(=O)Nc1nc2ccc(OC)cc2s1. The zero-order valence-corrected chi connectivity index (χ0v) is 25.6. The van der Waals surface area contributed by atoms with Crippen LogP contribution >= 0.6 is 23.1 Å². The molecule has 0 aliphatic heterocycles. The number of hydrogen-bond acceptors (Lipinski definition) is 8. The van der Waals surface area contributed by atoms with Crippen LogP contribution in [0.4, 0.5) is 10.8 Å². The molecule has 1 unspecified atom stereocenters. The van der Waals surface area contributed by atoms with Crippen LogP contribution in [0.15, 0.2) is 108 Å². The summed E-state index contributed by atoms with van der Waals surface area (Å²) in [6, 6.07) is 25.0. The number of nitrogens with one attached hydrogen (secondary N) is 3. The summed E-state index contributed by atoms with van der Waals surface area (Å²) in [6.07, 6.45) is 5.37. The summed E-state index contributed by atoms with van der Waals surface area (Å²) in [5, 5.41) is 8.66. The number of benzene rings is 3. The van der Waals surface area contributed by atoms with E-state index < -0.39 is 17.1 Å². The van der Waals surface area contributed by atoms with E-state index in [0.717, 1.165) is 20.9 Å². The van der Waals surface area contributed by atoms with Gasteiger partial charge in [-0.3, -0.25) is 19.4 Å². The number of nitrogens with zero attached hydrogens (tertiary/aromatic N) is 2. The lowest BCUT2D eigenvalue weighted by atomic mass is 10.2. The van der Waals surface area contributed by atoms with E-state index in [1.54, 1.807) is 80.2 Å². The smallest absolute Gasteiger partial charge is 0.272 e. The Kier molecular flexibility index (Phi) is 10.0. The molecule has 2 aromatic heterocycles. The minimum atomic E-state index is -0.502. The van der Waals surface area contributed by atoms with E-state index in [9.17, 15) is 14.4 Å². The maximum atomic E-state index is 13.4. The maximum Gasteiger partial charge on any atom is 0.272 e. The van der Waals surface area contributed by atoms with E-state index in [1.807, 2.05) is 37.3 Å². The molecular formula is C33H29N5O4S2. The fraction of sp³-hybridized carbons (Fsp3) is 0.121. The summed E-state index contributed by atoms with van der Waals surface area (Å²) in [7, 11) is 1.61. The summed E-state index contributed by atoms with van der Waals surface area (Å²) in [6.45, 7) is 1.94. The highest BCUT2D eigenvalue weighted by molar-refractivity contribution is 8.00. The molecule has 0 bridgehead atoms. The molecule has 1 atom stereocenters. The topological polar surface area (TPSA) is 122 Å². The summed E-state index contributed by atoms with van der Waals surface area (Å²) in [5.74, 6) is -0.351. The van der Waals surface area contributed by atoms with Crippen LogP contribution in [-0.2, 0) is 9.59 Å². The van der Waals surface area contributed by atoms with E-state index in [2.05, 4.69) is 25.9 Å². The Morgan fingerprint density at radius 3 is 2.57 bits per heavy atom. The molecular weight excluding hydrogens is 595 g/mol. The van der Waals surface area contributed by atoms with Crippen LogP contribution < -0.4 is 20.7 Å². The quantitative estimate of drug-likeness (QED) is 0.112. The van der Waals surface area contributed by atoms with Crippen molar-refractivity contribution in [3.8, 4) is 5.75 Å². The van der Waals surface area contributed by atoms with Crippen molar-refractivity contribution >= 4 is 67.9 Å². The first kappa shape index (κ1) is 30.5. The number of thiazole rings is 1. The van der Waals surface area contributed by atoms with E-state index >= 15 is 0 Å². The fourth-order valence-corrected chi connectivity index (χ4v) is 6.08. The molecule has 3 amide bonds. The average molecular weight is 624 g/mol. The predicted molar refractivity (Wildman–Crippen MR) is 176 cm³/mol. The zero-order valence-electron chi connectivity index (χ0n) is 23.9. The second kappa shape index (κ2) is 14.5. The van der Waals surface area contributed by atoms with E-state index in [0.29, 0.717) is 28.4 Å². The molecule has 44 heavy (non-hydrogen) atoms. The lowest BCUT2D eigenvalue weighted by Gasteiger charge is -2.15. The molecule has 0 fully saturated rings. The van der Waals surface area contributed by atoms with Crippen LogP contribution in [-0.4, -0.2) is 40.0 Å². The Morgan fingerprint density at radius 1 is 0.977 bits per heavy atom. The minimum Gasteiger partial charge on any atom is -0.497 e. The number of fused-ring (bicyclic) bond motifs is 1. The van der Waals surface area contributed by atoms with Crippen LogP contribution in [0.3, 0.4) is 0 Å². The van der Waals surface area contributed by atoms with Gasteiger partial charge in [-0.05, 0) is 72.7 Å². The highest BCUT2D eigenvalue weighted by Crippen LogP contribution is 2.32. The molecule has 0 radical (unpaired) electrons. The highest BCUT2D eigenvalue weighted by Gasteiger charge is 2.21. The van der Waals surface area contributed by atoms with Gasteiger partial charge in [-0.15, -0.1) is 11.8 Å². The average Bonchev–Trinajstić information content (AvgIpc) is 3.45. The van der Waals surface area contributed by atoms with Crippen LogP contribution in [0, 0.1) is 0 Å². The van der Waals surface area contributed by atoms with Crippen LogP contribution in [0.25, 0.3) is 16.3 Å². The molecule has 11 heteroatoms. The summed E-state index contributed by atoms with van der Waals surface area (Å²) >= 11 is 2.78. The molecule has 0 saturated heterocycles. The van der Waals surface area contributed by atoms with Crippen molar-refractivity contribution < 1.29 is 19.1 Å². The van der Waals surface area contributed by atoms with Gasteiger partial charge in [-0.2, -0.15) is 0 Å². The minimum absolute atomic E-state index is 0.0594. The number of anilines is 2. The number of amides is 3. The zero-order chi connectivity index (χ0) is 30.9. The number of pyridine rings is 1. The van der Waals surface area contributed by atoms with Gasteiger partial charge in [0.05, 0.1) is 22.6 Å². The Morgan fingerprint density at radius 2 is 1.82 bits per heavy atom. The van der Waals surface area contributed by atoms with Crippen LogP contribution in [0.2, 0.25) is 0 Å². The van der Waals surface area contributed by atoms with Gasteiger partial charge in [0.25, 0.3) is 11.8 Å². The molecule has 222 valence electrons. The molecule has 0 aliphatic carbocycles. The van der Waals surface area contributed by atoms with Crippen molar-refractivity contribution in [1.29, 1.82) is 0 Å². The first-order valence-electron chi connectivity index (χ1n) is 13.7. The van der Waals surface area contributed by atoms with Gasteiger partial charge >= 0.3 is 0 Å². The first-order chi connectivity index (χ1) is 21.4. The third kappa shape index (κ3) is 7.88. The van der Waals surface area contributed by atoms with Gasteiger partial charge in [0.15, 0.2) is 5.13 Å². The molecule has 2 heterocycles. The lowest BCUT2D eigenvalue weighted by Crippen LogP contribution is -2.30. The van der Waals surface area contributed by atoms with Crippen molar-refractivity contribution in [3.63, 3.8) is 0 Å². The van der Waals surface area contributed by atoms with E-state index in [4.69, 9.17) is 4.74 Å². The number of methoxy groups -OCH3 is 1. The first-order valence-corrected chi connectivity index (χ1v) is 15.4. The van der Waals surface area contributed by atoms with Crippen molar-refractivity contribution in [2.45, 2.75) is 23.5 Å². The Labute approximate surface area is 262 Å². The molecule has 3 aromatic carbocycles. The van der Waals surface area contributed by atoms with Crippen molar-refractivity contribution in [1.82, 2.24) is 15.3 Å². The molecule has 5 rings (SSSR count). The second-order valence-electron chi connectivity index (χ2n) is 9.50. The number of aromatic nitrogens is 2. The third-order valence-corrected chi connectivity index (χ3v) is 8.68. The largest absolute Gasteiger partial charge is 0.497 e. The van der Waals surface area contributed by atoms with Gasteiger partial charge in [-0.25, -0.2) is 4.98 Å². The standard InChI is InChI=1S/C33H29N5O4S2/c1-3-28(32(41)38-33-37-26-15-14-24(42-2)19-29(26)44-33)43-25-13-7-12-23(18-25)35-31(40)27(17-21-9-8-16-34-20-21)36-30(39)22-10-5-4-6-11-22/h4-20,28H,3H2,1-2H3,(H,35,40)(H,36,39)(H,37,38,41)/b27-17-. The molecule has 9 nitrogen and oxygen atoms in total. The fourth-order valence-electron chi connectivity index (χ4n) is 4.17. The van der Waals surface area contributed by atoms with Gasteiger partial charge in [-0.1, -0.05) is 48.6 Å². The van der Waals surface area contributed by atoms with Crippen LogP contribution in [0.1, 0.15) is 29.3 Å². The second-order valence-corrected chi connectivity index (χ2v) is 11.8. The monoisotopic (exact) mass is 623 g/mol. The Hall–Kier alpha value is -5.00. The number of rotatable bonds is 11. The third-order valence-electron chi connectivity index (χ3n) is 6.38. The van der Waals surface area contributed by atoms with Gasteiger partial charge in [0.1, 0.15) is 11.4 Å². The van der Waals surface area contributed by atoms with E-state index in [1.165, 1.54) is 23.1 Å². The van der Waals surface area contributed by atoms with Crippen molar-refractivity contribution in [2.75, 3.05) is 17.7 Å². The van der Waals surface area contributed by atoms with Crippen molar-refractivity contribution in [3.05, 3.63) is 114 Å². The Balaban J connectivity index is 1.28. The molecule has 0 spiro atoms. The summed E-state index contributed by atoms with van der Waals surface area (Å²) < 4.78 is 6.20. The summed E-state index contributed by atoms with van der Waals surface area (Å²) in [5.41, 5.74) is 2.43. The van der Waals surface area contributed by atoms with Gasteiger partial charge < -0.3 is 20.7 Å². The number of hydrogen-bond donors (Lipinski definition) is 3. The predicted octanol–water partition coefficient (Wildman–Crippen LogP) is 6.62. The molecule has 3 N–H and O–H groups in total. The van der Waals surface area contributed by atoms with Gasteiger partial charge in [0.2, 0.25) is 5.91 Å². The van der Waals surface area contributed by atoms with E-state index in [-0.39, 0.29) is 11.6 Å². The number of thioether (sulfide) groups is 1. The summed E-state index contributed by atoms with van der Waals surface area (Å²) in [4.78, 5) is 48.9. The normalized spacial score (nSPS) is 11.9. The van der Waals surface area contributed by atoms with Crippen LogP contribution in [0.5, 0.6) is 5.75 Å². The number of ether oxygens (including phenoxy) is 1. The van der Waals surface area contributed by atoms with Gasteiger partial charge in [0, 0.05) is 28.5 Å². The Bertz CT molecular complexity index is 1810. The number of carbonyl (C=O) groups excluding carboxylic acids is 3. The maximum absolute atomic E-state index is 13.4. The number of carbonyl (C=O) groups is 3. The lowest BCUT2D eigenvalue weighted by molar-refractivity contribution is -0.116. The highest BCUT2D eigenvalue weighted by atomic mass is 32.2. The molecule has 5 aromatic rings.